The van der Waals surface area contributed by atoms with E-state index in [9.17, 15) is 9.59 Å². The van der Waals surface area contributed by atoms with Crippen molar-refractivity contribution >= 4 is 23.4 Å². The lowest BCUT2D eigenvalue weighted by molar-refractivity contribution is -0.155. The van der Waals surface area contributed by atoms with Crippen molar-refractivity contribution < 1.29 is 14.3 Å². The predicted octanol–water partition coefficient (Wildman–Crippen LogP) is 2.52. The van der Waals surface area contributed by atoms with E-state index < -0.39 is 12.1 Å². The van der Waals surface area contributed by atoms with Gasteiger partial charge in [-0.2, -0.15) is 0 Å². The lowest BCUT2D eigenvalue weighted by atomic mass is 9.98. The van der Waals surface area contributed by atoms with Gasteiger partial charge in [0.25, 0.3) is 5.91 Å². The SMILES string of the molecule is CN(C(=O)[C@H]1OCC(=O)N[C@@H]1c1ccccc1Cl)C1Cc2ccccc2C1. The molecule has 1 heterocycles. The van der Waals surface area contributed by atoms with Gasteiger partial charge in [-0.05, 0) is 35.6 Å². The summed E-state index contributed by atoms with van der Waals surface area (Å²) < 4.78 is 5.67. The molecule has 2 aromatic carbocycles. The van der Waals surface area contributed by atoms with Gasteiger partial charge in [0.15, 0.2) is 6.10 Å². The van der Waals surface area contributed by atoms with Crippen LogP contribution >= 0.6 is 11.6 Å². The Morgan fingerprint density at radius 3 is 2.41 bits per heavy atom. The highest BCUT2D eigenvalue weighted by molar-refractivity contribution is 6.31. The first-order valence-electron chi connectivity index (χ1n) is 9.03. The highest BCUT2D eigenvalue weighted by Gasteiger charge is 2.40. The average molecular weight is 385 g/mol. The predicted molar refractivity (Wildman–Crippen MR) is 102 cm³/mol. The molecule has 140 valence electrons. The molecule has 4 rings (SSSR count). The van der Waals surface area contributed by atoms with Crippen molar-refractivity contribution in [2.75, 3.05) is 13.7 Å². The van der Waals surface area contributed by atoms with Crippen LogP contribution in [0, 0.1) is 0 Å². The van der Waals surface area contributed by atoms with Crippen LogP contribution in [0.1, 0.15) is 22.7 Å². The number of hydrogen-bond acceptors (Lipinski definition) is 3. The van der Waals surface area contributed by atoms with Crippen molar-refractivity contribution in [2.24, 2.45) is 0 Å². The summed E-state index contributed by atoms with van der Waals surface area (Å²) in [4.78, 5) is 26.9. The molecule has 0 radical (unpaired) electrons. The molecule has 1 aliphatic carbocycles. The minimum absolute atomic E-state index is 0.0861. The smallest absolute Gasteiger partial charge is 0.254 e. The Bertz CT molecular complexity index is 860. The van der Waals surface area contributed by atoms with Gasteiger partial charge in [0.2, 0.25) is 5.91 Å². The molecule has 0 aromatic heterocycles. The van der Waals surface area contributed by atoms with Crippen LogP contribution in [0.5, 0.6) is 0 Å². The van der Waals surface area contributed by atoms with Crippen LogP contribution < -0.4 is 5.32 Å². The Morgan fingerprint density at radius 1 is 1.11 bits per heavy atom. The lowest BCUT2D eigenvalue weighted by Gasteiger charge is -2.36. The normalized spacial score (nSPS) is 22.2. The van der Waals surface area contributed by atoms with Crippen LogP contribution in [0.3, 0.4) is 0 Å². The highest BCUT2D eigenvalue weighted by atomic mass is 35.5. The summed E-state index contributed by atoms with van der Waals surface area (Å²) in [6.07, 6.45) is 0.860. The fraction of sp³-hybridized carbons (Fsp3) is 0.333. The van der Waals surface area contributed by atoms with Gasteiger partial charge in [0.05, 0.1) is 6.04 Å². The third-order valence-corrected chi connectivity index (χ3v) is 5.77. The first-order chi connectivity index (χ1) is 13.0. The summed E-state index contributed by atoms with van der Waals surface area (Å²) in [5.41, 5.74) is 3.25. The van der Waals surface area contributed by atoms with E-state index in [-0.39, 0.29) is 24.5 Å². The van der Waals surface area contributed by atoms with Crippen molar-refractivity contribution in [3.8, 4) is 0 Å². The van der Waals surface area contributed by atoms with Crippen molar-refractivity contribution in [3.63, 3.8) is 0 Å². The molecule has 27 heavy (non-hydrogen) atoms. The number of halogens is 1. The number of nitrogens with one attached hydrogen (secondary N) is 1. The molecule has 1 saturated heterocycles. The number of benzene rings is 2. The Balaban J connectivity index is 1.56. The molecule has 2 amide bonds. The minimum Gasteiger partial charge on any atom is -0.356 e. The highest BCUT2D eigenvalue weighted by Crippen LogP contribution is 2.31. The standard InChI is InChI=1S/C21H21ClN2O3/c1-24(15-10-13-6-2-3-7-14(13)11-15)21(26)20-19(23-18(25)12-27-20)16-8-4-5-9-17(16)22/h2-9,15,19-20H,10-12H2,1H3,(H,23,25)/t19-,20+/m1/s1. The molecule has 0 saturated carbocycles. The van der Waals surface area contributed by atoms with E-state index >= 15 is 0 Å². The van der Waals surface area contributed by atoms with E-state index in [1.54, 1.807) is 11.0 Å². The zero-order valence-electron chi connectivity index (χ0n) is 15.0. The van der Waals surface area contributed by atoms with E-state index in [2.05, 4.69) is 17.4 Å². The van der Waals surface area contributed by atoms with Crippen molar-refractivity contribution in [2.45, 2.75) is 31.0 Å². The minimum atomic E-state index is -0.795. The molecule has 0 spiro atoms. The number of fused-ring (bicyclic) bond motifs is 1. The monoisotopic (exact) mass is 384 g/mol. The van der Waals surface area contributed by atoms with E-state index in [1.165, 1.54) is 11.1 Å². The number of ether oxygens (including phenoxy) is 1. The summed E-state index contributed by atoms with van der Waals surface area (Å²) in [5.74, 6) is -0.391. The van der Waals surface area contributed by atoms with Crippen LogP contribution in [0.15, 0.2) is 48.5 Å². The summed E-state index contributed by atoms with van der Waals surface area (Å²) >= 11 is 6.31. The second-order valence-corrected chi connectivity index (χ2v) is 7.49. The van der Waals surface area contributed by atoms with Crippen molar-refractivity contribution in [1.82, 2.24) is 10.2 Å². The molecule has 0 unspecified atom stereocenters. The molecule has 1 N–H and O–H groups in total. The van der Waals surface area contributed by atoms with E-state index in [0.29, 0.717) is 10.6 Å². The first-order valence-corrected chi connectivity index (χ1v) is 9.41. The lowest BCUT2D eigenvalue weighted by Crippen LogP contribution is -2.54. The van der Waals surface area contributed by atoms with Gasteiger partial charge < -0.3 is 15.0 Å². The summed E-state index contributed by atoms with van der Waals surface area (Å²) in [5, 5.41) is 3.37. The quantitative estimate of drug-likeness (QED) is 0.884. The summed E-state index contributed by atoms with van der Waals surface area (Å²) in [6.45, 7) is -0.129. The average Bonchev–Trinajstić information content (AvgIpc) is 3.11. The summed E-state index contributed by atoms with van der Waals surface area (Å²) in [7, 11) is 1.81. The zero-order chi connectivity index (χ0) is 19.0. The fourth-order valence-electron chi connectivity index (χ4n) is 3.92. The Hall–Kier alpha value is -2.37. The Labute approximate surface area is 163 Å². The Kier molecular flexibility index (Phi) is 4.89. The molecule has 0 bridgehead atoms. The maximum Gasteiger partial charge on any atom is 0.254 e. The number of rotatable bonds is 3. The number of carbonyl (C=O) groups excluding carboxylic acids is 2. The van der Waals surface area contributed by atoms with Crippen LogP contribution in [0.25, 0.3) is 0 Å². The number of hydrogen-bond donors (Lipinski definition) is 1. The second kappa shape index (κ2) is 7.33. The molecule has 2 atom stereocenters. The molecule has 2 aromatic rings. The van der Waals surface area contributed by atoms with E-state index in [0.717, 1.165) is 12.8 Å². The van der Waals surface area contributed by atoms with Gasteiger partial charge >= 0.3 is 0 Å². The van der Waals surface area contributed by atoms with E-state index in [4.69, 9.17) is 16.3 Å². The van der Waals surface area contributed by atoms with Gasteiger partial charge in [0.1, 0.15) is 6.61 Å². The van der Waals surface area contributed by atoms with Crippen molar-refractivity contribution in [1.29, 1.82) is 0 Å². The summed E-state index contributed by atoms with van der Waals surface area (Å²) in [6, 6.07) is 15.0. The number of likely N-dealkylation sites (N-methyl/N-ethyl adjacent to an activating group) is 1. The van der Waals surface area contributed by atoms with Gasteiger partial charge in [-0.3, -0.25) is 9.59 Å². The number of carbonyl (C=O) groups is 2. The van der Waals surface area contributed by atoms with Gasteiger partial charge in [-0.25, -0.2) is 0 Å². The maximum atomic E-state index is 13.2. The molecule has 2 aliphatic rings. The molecule has 1 fully saturated rings. The molecule has 5 nitrogen and oxygen atoms in total. The van der Waals surface area contributed by atoms with Crippen LogP contribution in [0.4, 0.5) is 0 Å². The maximum absolute atomic E-state index is 13.2. The topological polar surface area (TPSA) is 58.6 Å². The third-order valence-electron chi connectivity index (χ3n) is 5.42. The number of amides is 2. The van der Waals surface area contributed by atoms with Crippen molar-refractivity contribution in [3.05, 3.63) is 70.2 Å². The van der Waals surface area contributed by atoms with Gasteiger partial charge in [-0.15, -0.1) is 0 Å². The van der Waals surface area contributed by atoms with Crippen LogP contribution in [0.2, 0.25) is 5.02 Å². The van der Waals surface area contributed by atoms with Gasteiger partial charge in [0, 0.05) is 18.1 Å². The number of morpholine rings is 1. The Morgan fingerprint density at radius 2 is 1.74 bits per heavy atom. The van der Waals surface area contributed by atoms with Crippen LogP contribution in [-0.2, 0) is 27.2 Å². The zero-order valence-corrected chi connectivity index (χ0v) is 15.8. The molecular formula is C21H21ClN2O3. The number of nitrogens with zero attached hydrogens (tertiary/aromatic N) is 1. The molecule has 6 heteroatoms. The van der Waals surface area contributed by atoms with Gasteiger partial charge in [-0.1, -0.05) is 54.1 Å². The first kappa shape index (κ1) is 18.0. The third kappa shape index (κ3) is 3.45. The van der Waals surface area contributed by atoms with Crippen LogP contribution in [-0.4, -0.2) is 42.5 Å². The molecule has 1 aliphatic heterocycles. The molecular weight excluding hydrogens is 364 g/mol. The largest absolute Gasteiger partial charge is 0.356 e. The fourth-order valence-corrected chi connectivity index (χ4v) is 4.18. The second-order valence-electron chi connectivity index (χ2n) is 7.08. The van der Waals surface area contributed by atoms with E-state index in [1.807, 2.05) is 37.4 Å².